The van der Waals surface area contributed by atoms with Crippen LogP contribution in [0.5, 0.6) is 11.5 Å². The molecule has 114 valence electrons. The summed E-state index contributed by atoms with van der Waals surface area (Å²) in [5.41, 5.74) is 0.818. The average Bonchev–Trinajstić information content (AvgIpc) is 3.15. The van der Waals surface area contributed by atoms with Crippen molar-refractivity contribution < 1.29 is 23.6 Å². The molecule has 0 spiro atoms. The standard InChI is InChI=1S/C14H12N2O6/c1-8(9-2-3-10-12(6-9)21-7-20-10)15-14(17)11-4-5-13(22-11)16(18)19/h2-6,8H,7H2,1H3,(H,15,17). The molecule has 3 rings (SSSR count). The highest BCUT2D eigenvalue weighted by molar-refractivity contribution is 5.92. The van der Waals surface area contributed by atoms with Gasteiger partial charge in [-0.05, 0) is 30.7 Å². The van der Waals surface area contributed by atoms with E-state index in [0.717, 1.165) is 11.6 Å². The number of fused-ring (bicyclic) bond motifs is 1. The van der Waals surface area contributed by atoms with Crippen LogP contribution in [0.1, 0.15) is 29.1 Å². The van der Waals surface area contributed by atoms with Gasteiger partial charge in [0.15, 0.2) is 17.3 Å². The molecule has 1 aliphatic heterocycles. The molecule has 0 aliphatic carbocycles. The number of rotatable bonds is 4. The summed E-state index contributed by atoms with van der Waals surface area (Å²) in [6, 6.07) is 7.42. The number of carbonyl (C=O) groups is 1. The predicted octanol–water partition coefficient (Wildman–Crippen LogP) is 2.41. The summed E-state index contributed by atoms with van der Waals surface area (Å²) in [6.45, 7) is 1.96. The molecule has 1 atom stereocenters. The summed E-state index contributed by atoms with van der Waals surface area (Å²) in [6.07, 6.45) is 0. The molecule has 0 saturated heterocycles. The Morgan fingerprint density at radius 1 is 1.27 bits per heavy atom. The molecule has 8 nitrogen and oxygen atoms in total. The van der Waals surface area contributed by atoms with Crippen LogP contribution in [-0.4, -0.2) is 17.6 Å². The van der Waals surface area contributed by atoms with Gasteiger partial charge in [0.1, 0.15) is 4.92 Å². The zero-order chi connectivity index (χ0) is 15.7. The third-order valence-electron chi connectivity index (χ3n) is 3.24. The lowest BCUT2D eigenvalue weighted by atomic mass is 10.1. The Balaban J connectivity index is 1.71. The fourth-order valence-electron chi connectivity index (χ4n) is 2.08. The van der Waals surface area contributed by atoms with Gasteiger partial charge in [-0.25, -0.2) is 0 Å². The van der Waals surface area contributed by atoms with Crippen LogP contribution in [0.4, 0.5) is 5.88 Å². The minimum Gasteiger partial charge on any atom is -0.454 e. The van der Waals surface area contributed by atoms with E-state index in [1.165, 1.54) is 6.07 Å². The van der Waals surface area contributed by atoms with Crippen molar-refractivity contribution in [2.24, 2.45) is 0 Å². The van der Waals surface area contributed by atoms with E-state index in [4.69, 9.17) is 13.9 Å². The molecule has 1 unspecified atom stereocenters. The molecule has 2 heterocycles. The van der Waals surface area contributed by atoms with E-state index < -0.39 is 16.7 Å². The monoisotopic (exact) mass is 304 g/mol. The first-order chi connectivity index (χ1) is 10.5. The molecule has 1 amide bonds. The molecule has 0 bridgehead atoms. The largest absolute Gasteiger partial charge is 0.454 e. The maximum Gasteiger partial charge on any atom is 0.433 e. The van der Waals surface area contributed by atoms with Gasteiger partial charge in [-0.1, -0.05) is 6.07 Å². The van der Waals surface area contributed by atoms with E-state index in [9.17, 15) is 14.9 Å². The topological polar surface area (TPSA) is 104 Å². The normalized spacial score (nSPS) is 13.7. The number of hydrogen-bond acceptors (Lipinski definition) is 6. The van der Waals surface area contributed by atoms with Crippen LogP contribution in [0, 0.1) is 10.1 Å². The van der Waals surface area contributed by atoms with Crippen LogP contribution in [0.3, 0.4) is 0 Å². The lowest BCUT2D eigenvalue weighted by molar-refractivity contribution is -0.402. The highest BCUT2D eigenvalue weighted by Crippen LogP contribution is 2.34. The summed E-state index contributed by atoms with van der Waals surface area (Å²) < 4.78 is 15.4. The van der Waals surface area contributed by atoms with Crippen LogP contribution in [0.15, 0.2) is 34.7 Å². The number of amides is 1. The van der Waals surface area contributed by atoms with Crippen molar-refractivity contribution >= 4 is 11.8 Å². The molecule has 8 heteroatoms. The van der Waals surface area contributed by atoms with Gasteiger partial charge in [0.25, 0.3) is 5.91 Å². The molecule has 0 fully saturated rings. The Morgan fingerprint density at radius 3 is 2.77 bits per heavy atom. The summed E-state index contributed by atoms with van der Waals surface area (Å²) >= 11 is 0. The van der Waals surface area contributed by atoms with E-state index >= 15 is 0 Å². The molecule has 1 aromatic heterocycles. The fourth-order valence-corrected chi connectivity index (χ4v) is 2.08. The first-order valence-corrected chi connectivity index (χ1v) is 6.49. The van der Waals surface area contributed by atoms with Crippen molar-refractivity contribution in [3.05, 3.63) is 51.8 Å². The second-order valence-electron chi connectivity index (χ2n) is 4.70. The third kappa shape index (κ3) is 2.58. The van der Waals surface area contributed by atoms with E-state index in [0.29, 0.717) is 11.5 Å². The number of nitro groups is 1. The summed E-state index contributed by atoms with van der Waals surface area (Å²) in [5.74, 6) is 0.162. The van der Waals surface area contributed by atoms with Gasteiger partial charge in [0.2, 0.25) is 6.79 Å². The Morgan fingerprint density at radius 2 is 2.05 bits per heavy atom. The lowest BCUT2D eigenvalue weighted by Gasteiger charge is -2.13. The van der Waals surface area contributed by atoms with Crippen molar-refractivity contribution in [1.29, 1.82) is 0 Å². The first kappa shape index (κ1) is 13.9. The van der Waals surface area contributed by atoms with Crippen molar-refractivity contribution in [2.45, 2.75) is 13.0 Å². The maximum absolute atomic E-state index is 12.0. The molecule has 22 heavy (non-hydrogen) atoms. The summed E-state index contributed by atoms with van der Waals surface area (Å²) in [7, 11) is 0. The number of furan rings is 1. The summed E-state index contributed by atoms with van der Waals surface area (Å²) in [5, 5.41) is 13.2. The Hall–Kier alpha value is -3.03. The molecule has 2 aromatic rings. The van der Waals surface area contributed by atoms with Gasteiger partial charge in [-0.2, -0.15) is 0 Å². The zero-order valence-corrected chi connectivity index (χ0v) is 11.6. The number of hydrogen-bond donors (Lipinski definition) is 1. The third-order valence-corrected chi connectivity index (χ3v) is 3.24. The molecule has 1 N–H and O–H groups in total. The molecule has 1 aliphatic rings. The fraction of sp³-hybridized carbons (Fsp3) is 0.214. The highest BCUT2D eigenvalue weighted by Gasteiger charge is 2.20. The Bertz CT molecular complexity index is 739. The average molecular weight is 304 g/mol. The van der Waals surface area contributed by atoms with Crippen molar-refractivity contribution in [1.82, 2.24) is 5.32 Å². The van der Waals surface area contributed by atoms with Crippen molar-refractivity contribution in [2.75, 3.05) is 6.79 Å². The maximum atomic E-state index is 12.0. The molecule has 1 aromatic carbocycles. The number of benzene rings is 1. The second-order valence-corrected chi connectivity index (χ2v) is 4.70. The molecule has 0 saturated carbocycles. The molecule has 0 radical (unpaired) electrons. The van der Waals surface area contributed by atoms with Gasteiger partial charge >= 0.3 is 5.88 Å². The van der Waals surface area contributed by atoms with Crippen LogP contribution >= 0.6 is 0 Å². The van der Waals surface area contributed by atoms with Crippen LogP contribution < -0.4 is 14.8 Å². The molecular weight excluding hydrogens is 292 g/mol. The van der Waals surface area contributed by atoms with E-state index in [2.05, 4.69) is 5.32 Å². The van der Waals surface area contributed by atoms with Crippen molar-refractivity contribution in [3.8, 4) is 11.5 Å². The second kappa shape index (κ2) is 5.40. The lowest BCUT2D eigenvalue weighted by Crippen LogP contribution is -2.26. The smallest absolute Gasteiger partial charge is 0.433 e. The molecular formula is C14H12N2O6. The minimum absolute atomic E-state index is 0.112. The number of nitrogens with one attached hydrogen (secondary N) is 1. The van der Waals surface area contributed by atoms with Crippen molar-refractivity contribution in [3.63, 3.8) is 0 Å². The van der Waals surface area contributed by atoms with Gasteiger partial charge in [0.05, 0.1) is 12.1 Å². The van der Waals surface area contributed by atoms with Gasteiger partial charge in [-0.15, -0.1) is 0 Å². The van der Waals surface area contributed by atoms with Crippen LogP contribution in [0.2, 0.25) is 0 Å². The SMILES string of the molecule is CC(NC(=O)c1ccc([N+](=O)[O-])o1)c1ccc2c(c1)OCO2. The number of carbonyl (C=O) groups excluding carboxylic acids is 1. The number of ether oxygens (including phenoxy) is 2. The minimum atomic E-state index is -0.696. The summed E-state index contributed by atoms with van der Waals surface area (Å²) in [4.78, 5) is 21.9. The van der Waals surface area contributed by atoms with Gasteiger partial charge in [0, 0.05) is 0 Å². The van der Waals surface area contributed by atoms with E-state index in [1.54, 1.807) is 19.1 Å². The van der Waals surface area contributed by atoms with Crippen LogP contribution in [-0.2, 0) is 0 Å². The van der Waals surface area contributed by atoms with Gasteiger partial charge < -0.3 is 19.2 Å². The van der Waals surface area contributed by atoms with E-state index in [-0.39, 0.29) is 18.6 Å². The zero-order valence-electron chi connectivity index (χ0n) is 11.6. The highest BCUT2D eigenvalue weighted by atomic mass is 16.7. The van der Waals surface area contributed by atoms with E-state index in [1.807, 2.05) is 6.07 Å². The van der Waals surface area contributed by atoms with Crippen LogP contribution in [0.25, 0.3) is 0 Å². The Kier molecular flexibility index (Phi) is 3.42. The Labute approximate surface area is 124 Å². The first-order valence-electron chi connectivity index (χ1n) is 6.49. The predicted molar refractivity (Wildman–Crippen MR) is 73.8 cm³/mol. The number of nitrogens with zero attached hydrogens (tertiary/aromatic N) is 1. The quantitative estimate of drug-likeness (QED) is 0.687. The van der Waals surface area contributed by atoms with Gasteiger partial charge in [-0.3, -0.25) is 14.9 Å².